The number of aryl methyl sites for hydroxylation is 1. The summed E-state index contributed by atoms with van der Waals surface area (Å²) in [6.45, 7) is 1.96. The summed E-state index contributed by atoms with van der Waals surface area (Å²) in [7, 11) is 0. The SMILES string of the molecule is Cc1cc(C(=O)N/N=C\c2cn[nH]c2-c2ccc(Br)cc2)cs1. The van der Waals surface area contributed by atoms with E-state index in [9.17, 15) is 4.79 Å². The number of rotatable bonds is 4. The predicted octanol–water partition coefficient (Wildman–Crippen LogP) is 3.97. The van der Waals surface area contributed by atoms with Crippen LogP contribution >= 0.6 is 27.3 Å². The Labute approximate surface area is 145 Å². The normalized spacial score (nSPS) is 11.0. The van der Waals surface area contributed by atoms with E-state index in [2.05, 4.69) is 36.7 Å². The molecule has 0 aliphatic carbocycles. The molecule has 2 aromatic heterocycles. The van der Waals surface area contributed by atoms with Gasteiger partial charge in [0.2, 0.25) is 0 Å². The van der Waals surface area contributed by atoms with Crippen molar-refractivity contribution in [2.75, 3.05) is 0 Å². The number of aromatic amines is 1. The van der Waals surface area contributed by atoms with Gasteiger partial charge in [-0.2, -0.15) is 10.2 Å². The maximum absolute atomic E-state index is 11.9. The van der Waals surface area contributed by atoms with Crippen molar-refractivity contribution in [3.8, 4) is 11.3 Å². The van der Waals surface area contributed by atoms with Gasteiger partial charge in [-0.25, -0.2) is 5.43 Å². The Hall–Kier alpha value is -2.25. The van der Waals surface area contributed by atoms with Crippen molar-refractivity contribution >= 4 is 39.4 Å². The van der Waals surface area contributed by atoms with Crippen LogP contribution in [0.4, 0.5) is 0 Å². The second kappa shape index (κ2) is 6.89. The fraction of sp³-hybridized carbons (Fsp3) is 0.0625. The minimum atomic E-state index is -0.223. The minimum absolute atomic E-state index is 0.223. The van der Waals surface area contributed by atoms with E-state index < -0.39 is 0 Å². The third kappa shape index (κ3) is 3.75. The summed E-state index contributed by atoms with van der Waals surface area (Å²) in [5.41, 5.74) is 5.78. The van der Waals surface area contributed by atoms with Gasteiger partial charge in [-0.3, -0.25) is 9.89 Å². The maximum atomic E-state index is 11.9. The molecule has 0 saturated heterocycles. The van der Waals surface area contributed by atoms with E-state index >= 15 is 0 Å². The highest BCUT2D eigenvalue weighted by molar-refractivity contribution is 9.10. The van der Waals surface area contributed by atoms with Gasteiger partial charge in [0.1, 0.15) is 0 Å². The van der Waals surface area contributed by atoms with Crippen LogP contribution in [0.2, 0.25) is 0 Å². The zero-order valence-electron chi connectivity index (χ0n) is 12.2. The van der Waals surface area contributed by atoms with Gasteiger partial charge in [-0.05, 0) is 25.1 Å². The van der Waals surface area contributed by atoms with Crippen molar-refractivity contribution in [1.29, 1.82) is 0 Å². The van der Waals surface area contributed by atoms with E-state index in [1.54, 1.807) is 12.4 Å². The Bertz CT molecular complexity index is 851. The number of hydrogen-bond acceptors (Lipinski definition) is 4. The van der Waals surface area contributed by atoms with Gasteiger partial charge in [0.15, 0.2) is 0 Å². The van der Waals surface area contributed by atoms with Crippen molar-refractivity contribution in [1.82, 2.24) is 15.6 Å². The molecule has 0 bridgehead atoms. The number of amides is 1. The van der Waals surface area contributed by atoms with Crippen LogP contribution in [0.25, 0.3) is 11.3 Å². The molecule has 0 aliphatic rings. The second-order valence-electron chi connectivity index (χ2n) is 4.85. The number of halogens is 1. The van der Waals surface area contributed by atoms with E-state index in [1.165, 1.54) is 11.3 Å². The van der Waals surface area contributed by atoms with E-state index in [-0.39, 0.29) is 5.91 Å². The molecule has 0 radical (unpaired) electrons. The third-order valence-corrected chi connectivity index (χ3v) is 4.55. The molecule has 3 aromatic rings. The van der Waals surface area contributed by atoms with E-state index in [0.29, 0.717) is 5.56 Å². The first-order valence-electron chi connectivity index (χ1n) is 6.81. The Balaban J connectivity index is 1.72. The second-order valence-corrected chi connectivity index (χ2v) is 6.88. The Morgan fingerprint density at radius 2 is 2.17 bits per heavy atom. The van der Waals surface area contributed by atoms with Crippen LogP contribution in [0.5, 0.6) is 0 Å². The first-order valence-corrected chi connectivity index (χ1v) is 8.48. The topological polar surface area (TPSA) is 70.1 Å². The molecule has 2 heterocycles. The van der Waals surface area contributed by atoms with Crippen LogP contribution in [0.3, 0.4) is 0 Å². The molecule has 0 fully saturated rings. The first-order chi connectivity index (χ1) is 11.1. The lowest BCUT2D eigenvalue weighted by Crippen LogP contribution is -2.16. The molecule has 23 heavy (non-hydrogen) atoms. The molecule has 1 aromatic carbocycles. The van der Waals surface area contributed by atoms with Crippen LogP contribution < -0.4 is 5.43 Å². The average molecular weight is 389 g/mol. The monoisotopic (exact) mass is 388 g/mol. The number of H-pyrrole nitrogens is 1. The predicted molar refractivity (Wildman–Crippen MR) is 95.8 cm³/mol. The molecule has 0 aliphatic heterocycles. The summed E-state index contributed by atoms with van der Waals surface area (Å²) < 4.78 is 1.01. The van der Waals surface area contributed by atoms with Crippen LogP contribution in [-0.2, 0) is 0 Å². The van der Waals surface area contributed by atoms with Gasteiger partial charge >= 0.3 is 0 Å². The van der Waals surface area contributed by atoms with Crippen molar-refractivity contribution in [3.63, 3.8) is 0 Å². The Morgan fingerprint density at radius 1 is 1.39 bits per heavy atom. The van der Waals surface area contributed by atoms with E-state index in [1.807, 2.05) is 42.6 Å². The molecule has 0 saturated carbocycles. The van der Waals surface area contributed by atoms with Gasteiger partial charge < -0.3 is 0 Å². The molecule has 2 N–H and O–H groups in total. The van der Waals surface area contributed by atoms with Gasteiger partial charge in [-0.1, -0.05) is 28.1 Å². The van der Waals surface area contributed by atoms with Crippen molar-refractivity contribution in [2.24, 2.45) is 5.10 Å². The number of benzene rings is 1. The molecule has 7 heteroatoms. The van der Waals surface area contributed by atoms with Gasteiger partial charge in [0, 0.05) is 25.9 Å². The molecule has 3 rings (SSSR count). The van der Waals surface area contributed by atoms with Crippen LogP contribution in [0.1, 0.15) is 20.8 Å². The summed E-state index contributed by atoms with van der Waals surface area (Å²) in [5.74, 6) is -0.223. The summed E-state index contributed by atoms with van der Waals surface area (Å²) in [4.78, 5) is 13.0. The molecule has 0 spiro atoms. The van der Waals surface area contributed by atoms with Crippen LogP contribution in [0, 0.1) is 6.92 Å². The number of nitrogens with one attached hydrogen (secondary N) is 2. The summed E-state index contributed by atoms with van der Waals surface area (Å²) in [5, 5.41) is 12.8. The molecule has 1 amide bonds. The lowest BCUT2D eigenvalue weighted by molar-refractivity contribution is 0.0955. The zero-order chi connectivity index (χ0) is 16.2. The zero-order valence-corrected chi connectivity index (χ0v) is 14.6. The maximum Gasteiger partial charge on any atom is 0.272 e. The van der Waals surface area contributed by atoms with Crippen molar-refractivity contribution < 1.29 is 4.79 Å². The summed E-state index contributed by atoms with van der Waals surface area (Å²) in [6, 6.07) is 9.69. The molecule has 116 valence electrons. The minimum Gasteiger partial charge on any atom is -0.277 e. The lowest BCUT2D eigenvalue weighted by Gasteiger charge is -2.00. The molecular weight excluding hydrogens is 376 g/mol. The molecule has 0 atom stereocenters. The number of thiophene rings is 1. The van der Waals surface area contributed by atoms with Crippen molar-refractivity contribution in [3.05, 3.63) is 62.4 Å². The number of aromatic nitrogens is 2. The number of carbonyl (C=O) groups is 1. The highest BCUT2D eigenvalue weighted by Crippen LogP contribution is 2.22. The number of nitrogens with zero attached hydrogens (tertiary/aromatic N) is 2. The van der Waals surface area contributed by atoms with Crippen LogP contribution in [0.15, 0.2) is 51.5 Å². The largest absolute Gasteiger partial charge is 0.277 e. The molecule has 0 unspecified atom stereocenters. The smallest absolute Gasteiger partial charge is 0.272 e. The van der Waals surface area contributed by atoms with E-state index in [0.717, 1.165) is 26.2 Å². The third-order valence-electron chi connectivity index (χ3n) is 3.16. The molecule has 5 nitrogen and oxygen atoms in total. The Kier molecular flexibility index (Phi) is 4.68. The molecular formula is C16H13BrN4OS. The lowest BCUT2D eigenvalue weighted by atomic mass is 10.1. The quantitative estimate of drug-likeness (QED) is 0.524. The summed E-state index contributed by atoms with van der Waals surface area (Å²) in [6.07, 6.45) is 3.25. The van der Waals surface area contributed by atoms with Gasteiger partial charge in [0.05, 0.1) is 23.7 Å². The highest BCUT2D eigenvalue weighted by atomic mass is 79.9. The summed E-state index contributed by atoms with van der Waals surface area (Å²) >= 11 is 4.94. The fourth-order valence-electron chi connectivity index (χ4n) is 2.03. The average Bonchev–Trinajstić information content (AvgIpc) is 3.17. The fourth-order valence-corrected chi connectivity index (χ4v) is 2.98. The first kappa shape index (κ1) is 15.6. The van der Waals surface area contributed by atoms with E-state index in [4.69, 9.17) is 0 Å². The highest BCUT2D eigenvalue weighted by Gasteiger charge is 2.07. The van der Waals surface area contributed by atoms with Crippen LogP contribution in [-0.4, -0.2) is 22.3 Å². The Morgan fingerprint density at radius 3 is 2.87 bits per heavy atom. The number of carbonyl (C=O) groups excluding carboxylic acids is 1. The van der Waals surface area contributed by atoms with Gasteiger partial charge in [-0.15, -0.1) is 11.3 Å². The standard InChI is InChI=1S/C16H13BrN4OS/c1-10-6-12(9-23-10)16(22)21-19-8-13-7-18-20-15(13)11-2-4-14(17)5-3-11/h2-9H,1H3,(H,18,20)(H,21,22)/b19-8-. The van der Waals surface area contributed by atoms with Gasteiger partial charge in [0.25, 0.3) is 5.91 Å². The number of hydrazone groups is 1. The number of hydrogen-bond donors (Lipinski definition) is 2. The van der Waals surface area contributed by atoms with Crippen molar-refractivity contribution in [2.45, 2.75) is 6.92 Å².